The lowest BCUT2D eigenvalue weighted by molar-refractivity contribution is 0.0957. The molecule has 1 aliphatic carbocycles. The van der Waals surface area contributed by atoms with E-state index in [0.717, 1.165) is 25.1 Å². The highest BCUT2D eigenvalue weighted by molar-refractivity contribution is 5.21. The Morgan fingerprint density at radius 1 is 1.50 bits per heavy atom. The topological polar surface area (TPSA) is 48.1 Å². The van der Waals surface area contributed by atoms with Gasteiger partial charge < -0.3 is 10.5 Å². The van der Waals surface area contributed by atoms with Gasteiger partial charge in [-0.2, -0.15) is 0 Å². The number of hydrogen-bond donors (Lipinski definition) is 1. The largest absolute Gasteiger partial charge is 0.474 e. The van der Waals surface area contributed by atoms with Gasteiger partial charge in [-0.05, 0) is 37.3 Å². The molecule has 0 atom stereocenters. The number of hydrogen-bond acceptors (Lipinski definition) is 3. The maximum absolute atomic E-state index is 5.75. The molecule has 0 aliphatic heterocycles. The summed E-state index contributed by atoms with van der Waals surface area (Å²) in [5.74, 6) is 0.755. The van der Waals surface area contributed by atoms with Crippen LogP contribution < -0.4 is 10.5 Å². The van der Waals surface area contributed by atoms with Crippen molar-refractivity contribution in [1.82, 2.24) is 4.98 Å². The standard InChI is InChI=1S/C13H20N2O/c1-2-3-4-10-5-6-15-13(7-10)16-12-8-11(14)9-12/h5-7,11-12H,2-4,8-9,14H2,1H3. The zero-order valence-corrected chi connectivity index (χ0v) is 9.86. The minimum atomic E-state index is 0.281. The molecule has 16 heavy (non-hydrogen) atoms. The predicted octanol–water partition coefficient (Wildman–Crippen LogP) is 2.29. The van der Waals surface area contributed by atoms with Gasteiger partial charge in [0.2, 0.25) is 5.88 Å². The van der Waals surface area contributed by atoms with E-state index >= 15 is 0 Å². The first-order valence-electron chi connectivity index (χ1n) is 6.15. The number of pyridine rings is 1. The maximum atomic E-state index is 5.75. The highest BCUT2D eigenvalue weighted by Gasteiger charge is 2.27. The van der Waals surface area contributed by atoms with Gasteiger partial charge in [0.05, 0.1) is 0 Å². The molecule has 1 saturated carbocycles. The lowest BCUT2D eigenvalue weighted by atomic mass is 9.90. The van der Waals surface area contributed by atoms with Crippen LogP contribution in [0.25, 0.3) is 0 Å². The number of rotatable bonds is 5. The lowest BCUT2D eigenvalue weighted by Gasteiger charge is -2.32. The Morgan fingerprint density at radius 2 is 2.31 bits per heavy atom. The Kier molecular flexibility index (Phi) is 3.78. The molecule has 0 unspecified atom stereocenters. The van der Waals surface area contributed by atoms with Crippen LogP contribution in [0.3, 0.4) is 0 Å². The fourth-order valence-corrected chi connectivity index (χ4v) is 1.92. The smallest absolute Gasteiger partial charge is 0.213 e. The summed E-state index contributed by atoms with van der Waals surface area (Å²) in [6.07, 6.45) is 7.58. The highest BCUT2D eigenvalue weighted by atomic mass is 16.5. The molecule has 1 heterocycles. The van der Waals surface area contributed by atoms with Crippen LogP contribution in [0.2, 0.25) is 0 Å². The predicted molar refractivity (Wildman–Crippen MR) is 64.5 cm³/mol. The van der Waals surface area contributed by atoms with Gasteiger partial charge in [-0.1, -0.05) is 13.3 Å². The zero-order chi connectivity index (χ0) is 11.4. The molecule has 0 saturated heterocycles. The van der Waals surface area contributed by atoms with E-state index in [0.29, 0.717) is 6.04 Å². The molecule has 2 rings (SSSR count). The SMILES string of the molecule is CCCCc1ccnc(OC2CC(N)C2)c1. The second-order valence-corrected chi connectivity index (χ2v) is 4.58. The zero-order valence-electron chi connectivity index (χ0n) is 9.86. The van der Waals surface area contributed by atoms with E-state index in [4.69, 9.17) is 10.5 Å². The van der Waals surface area contributed by atoms with Gasteiger partial charge in [0.25, 0.3) is 0 Å². The summed E-state index contributed by atoms with van der Waals surface area (Å²) in [6.45, 7) is 2.20. The summed E-state index contributed by atoms with van der Waals surface area (Å²) in [7, 11) is 0. The van der Waals surface area contributed by atoms with Gasteiger partial charge in [-0.3, -0.25) is 0 Å². The van der Waals surface area contributed by atoms with Crippen LogP contribution in [0.5, 0.6) is 5.88 Å². The summed E-state index contributed by atoms with van der Waals surface area (Å²) in [6, 6.07) is 4.45. The molecule has 1 fully saturated rings. The summed E-state index contributed by atoms with van der Waals surface area (Å²) in [4.78, 5) is 4.23. The number of ether oxygens (including phenoxy) is 1. The Labute approximate surface area is 97.0 Å². The molecule has 0 spiro atoms. The van der Waals surface area contributed by atoms with Crippen molar-refractivity contribution in [2.24, 2.45) is 5.73 Å². The average Bonchev–Trinajstić information content (AvgIpc) is 2.25. The molecule has 3 heteroatoms. The highest BCUT2D eigenvalue weighted by Crippen LogP contribution is 2.23. The first kappa shape index (κ1) is 11.4. The lowest BCUT2D eigenvalue weighted by Crippen LogP contribution is -2.43. The van der Waals surface area contributed by atoms with Gasteiger partial charge in [-0.25, -0.2) is 4.98 Å². The van der Waals surface area contributed by atoms with Crippen molar-refractivity contribution in [1.29, 1.82) is 0 Å². The molecular formula is C13H20N2O. The van der Waals surface area contributed by atoms with E-state index in [1.165, 1.54) is 18.4 Å². The third-order valence-corrected chi connectivity index (χ3v) is 3.04. The normalized spacial score (nSPS) is 23.9. The second kappa shape index (κ2) is 5.30. The Bertz CT molecular complexity index is 334. The third-order valence-electron chi connectivity index (χ3n) is 3.04. The molecule has 3 nitrogen and oxygen atoms in total. The van der Waals surface area contributed by atoms with Crippen LogP contribution in [0.4, 0.5) is 0 Å². The number of aromatic nitrogens is 1. The fourth-order valence-electron chi connectivity index (χ4n) is 1.92. The summed E-state index contributed by atoms with van der Waals surface area (Å²) in [5.41, 5.74) is 7.03. The van der Waals surface area contributed by atoms with E-state index < -0.39 is 0 Å². The van der Waals surface area contributed by atoms with Crippen molar-refractivity contribution in [3.63, 3.8) is 0 Å². The van der Waals surface area contributed by atoms with Crippen LogP contribution in [-0.2, 0) is 6.42 Å². The van der Waals surface area contributed by atoms with Gasteiger partial charge in [0.15, 0.2) is 0 Å². The monoisotopic (exact) mass is 220 g/mol. The van der Waals surface area contributed by atoms with Crippen molar-refractivity contribution >= 4 is 0 Å². The molecule has 1 aromatic rings. The second-order valence-electron chi connectivity index (χ2n) is 4.58. The Hall–Kier alpha value is -1.09. The van der Waals surface area contributed by atoms with Crippen LogP contribution >= 0.6 is 0 Å². The van der Waals surface area contributed by atoms with Crippen LogP contribution in [-0.4, -0.2) is 17.1 Å². The van der Waals surface area contributed by atoms with Crippen LogP contribution in [0.1, 0.15) is 38.2 Å². The molecule has 0 bridgehead atoms. The van der Waals surface area contributed by atoms with Gasteiger partial charge in [-0.15, -0.1) is 0 Å². The first-order valence-corrected chi connectivity index (χ1v) is 6.15. The van der Waals surface area contributed by atoms with E-state index in [1.54, 1.807) is 0 Å². The summed E-state index contributed by atoms with van der Waals surface area (Å²) >= 11 is 0. The minimum absolute atomic E-state index is 0.281. The molecule has 2 N–H and O–H groups in total. The Balaban J connectivity index is 1.88. The molecule has 1 aromatic heterocycles. The molecular weight excluding hydrogens is 200 g/mol. The van der Waals surface area contributed by atoms with E-state index in [2.05, 4.69) is 24.0 Å². The van der Waals surface area contributed by atoms with E-state index in [1.807, 2.05) is 6.20 Å². The first-order chi connectivity index (χ1) is 7.78. The van der Waals surface area contributed by atoms with Gasteiger partial charge >= 0.3 is 0 Å². The minimum Gasteiger partial charge on any atom is -0.474 e. The number of nitrogens with two attached hydrogens (primary N) is 1. The molecule has 1 aliphatic rings. The molecule has 0 amide bonds. The van der Waals surface area contributed by atoms with Crippen molar-refractivity contribution < 1.29 is 4.74 Å². The van der Waals surface area contributed by atoms with Gasteiger partial charge in [0, 0.05) is 18.3 Å². The van der Waals surface area contributed by atoms with Crippen molar-refractivity contribution in [3.05, 3.63) is 23.9 Å². The van der Waals surface area contributed by atoms with Crippen molar-refractivity contribution in [2.75, 3.05) is 0 Å². The van der Waals surface area contributed by atoms with E-state index in [-0.39, 0.29) is 6.10 Å². The fraction of sp³-hybridized carbons (Fsp3) is 0.615. The summed E-state index contributed by atoms with van der Waals surface area (Å²) in [5, 5.41) is 0. The quantitative estimate of drug-likeness (QED) is 0.828. The number of nitrogens with zero attached hydrogens (tertiary/aromatic N) is 1. The van der Waals surface area contributed by atoms with Gasteiger partial charge in [0.1, 0.15) is 6.10 Å². The maximum Gasteiger partial charge on any atom is 0.213 e. The van der Waals surface area contributed by atoms with Crippen LogP contribution in [0, 0.1) is 0 Å². The van der Waals surface area contributed by atoms with E-state index in [9.17, 15) is 0 Å². The number of aryl methyl sites for hydroxylation is 1. The third kappa shape index (κ3) is 2.95. The molecule has 0 radical (unpaired) electrons. The summed E-state index contributed by atoms with van der Waals surface area (Å²) < 4.78 is 5.75. The molecule has 88 valence electrons. The van der Waals surface area contributed by atoms with Crippen LogP contribution in [0.15, 0.2) is 18.3 Å². The van der Waals surface area contributed by atoms with Crippen molar-refractivity contribution in [3.8, 4) is 5.88 Å². The number of unbranched alkanes of at least 4 members (excludes halogenated alkanes) is 1. The Morgan fingerprint density at radius 3 is 3.00 bits per heavy atom. The van der Waals surface area contributed by atoms with Crippen molar-refractivity contribution in [2.45, 2.75) is 51.2 Å². The average molecular weight is 220 g/mol. The molecule has 0 aromatic carbocycles.